The lowest BCUT2D eigenvalue weighted by Gasteiger charge is -1.89. The van der Waals surface area contributed by atoms with Crippen LogP contribution >= 0.6 is 0 Å². The Labute approximate surface area is 73.0 Å². The van der Waals surface area contributed by atoms with E-state index < -0.39 is 0 Å². The van der Waals surface area contributed by atoms with Gasteiger partial charge in [-0.3, -0.25) is 0 Å². The molecular formula is C11H14O. The quantitative estimate of drug-likeness (QED) is 0.574. The van der Waals surface area contributed by atoms with Crippen LogP contribution in [0.15, 0.2) is 34.9 Å². The van der Waals surface area contributed by atoms with Crippen molar-refractivity contribution in [3.05, 3.63) is 36.1 Å². The van der Waals surface area contributed by atoms with Gasteiger partial charge in [0.25, 0.3) is 0 Å². The van der Waals surface area contributed by atoms with Crippen LogP contribution in [0.2, 0.25) is 0 Å². The van der Waals surface area contributed by atoms with E-state index in [1.165, 1.54) is 10.9 Å². The molecule has 0 radical (unpaired) electrons. The first-order valence-electron chi connectivity index (χ1n) is 4.30. The van der Waals surface area contributed by atoms with Crippen molar-refractivity contribution in [1.82, 2.24) is 0 Å². The van der Waals surface area contributed by atoms with Gasteiger partial charge >= 0.3 is 0 Å². The Morgan fingerprint density at radius 3 is 2.58 bits per heavy atom. The second kappa shape index (κ2) is 3.96. The molecule has 0 spiro atoms. The van der Waals surface area contributed by atoms with Crippen LogP contribution in [0.1, 0.15) is 19.4 Å². The summed E-state index contributed by atoms with van der Waals surface area (Å²) in [6.45, 7) is 6.08. The molecule has 1 nitrogen and oxygen atoms in total. The molecule has 0 bridgehead atoms. The fourth-order valence-electron chi connectivity index (χ4n) is 1.09. The van der Waals surface area contributed by atoms with Crippen LogP contribution in [-0.4, -0.2) is 0 Å². The fraction of sp³-hybridized carbons (Fsp3) is 0.273. The van der Waals surface area contributed by atoms with Crippen LogP contribution in [0.4, 0.5) is 0 Å². The lowest BCUT2D eigenvalue weighted by molar-refractivity contribution is 0.616. The number of fused-ring (bicyclic) bond motifs is 1. The summed E-state index contributed by atoms with van der Waals surface area (Å²) in [5.74, 6) is 0. The number of aryl methyl sites for hydroxylation is 1. The molecule has 0 atom stereocenters. The van der Waals surface area contributed by atoms with Crippen LogP contribution in [0.25, 0.3) is 11.0 Å². The molecule has 64 valence electrons. The lowest BCUT2D eigenvalue weighted by atomic mass is 10.2. The summed E-state index contributed by atoms with van der Waals surface area (Å²) >= 11 is 0. The van der Waals surface area contributed by atoms with E-state index in [9.17, 15) is 0 Å². The number of furan rings is 1. The Balaban J connectivity index is 0.000000336. The van der Waals surface area contributed by atoms with E-state index in [1.807, 2.05) is 32.0 Å². The number of hydrogen-bond donors (Lipinski definition) is 0. The molecular weight excluding hydrogens is 148 g/mol. The van der Waals surface area contributed by atoms with E-state index in [-0.39, 0.29) is 0 Å². The maximum atomic E-state index is 5.17. The zero-order chi connectivity index (χ0) is 8.97. The van der Waals surface area contributed by atoms with Gasteiger partial charge in [0.2, 0.25) is 0 Å². The molecule has 1 heteroatoms. The molecule has 0 aliphatic carbocycles. The highest BCUT2D eigenvalue weighted by molar-refractivity contribution is 5.77. The maximum Gasteiger partial charge on any atom is 0.133 e. The van der Waals surface area contributed by atoms with E-state index in [2.05, 4.69) is 13.0 Å². The monoisotopic (exact) mass is 162 g/mol. The smallest absolute Gasteiger partial charge is 0.133 e. The minimum atomic E-state index is 0.964. The molecule has 0 fully saturated rings. The summed E-state index contributed by atoms with van der Waals surface area (Å²) in [5, 5.41) is 1.18. The number of rotatable bonds is 0. The first kappa shape index (κ1) is 8.85. The van der Waals surface area contributed by atoms with E-state index in [0.717, 1.165) is 5.58 Å². The zero-order valence-corrected chi connectivity index (χ0v) is 7.79. The topological polar surface area (TPSA) is 13.1 Å². The van der Waals surface area contributed by atoms with Crippen molar-refractivity contribution < 1.29 is 4.42 Å². The highest BCUT2D eigenvalue weighted by atomic mass is 16.3. The van der Waals surface area contributed by atoms with E-state index >= 15 is 0 Å². The van der Waals surface area contributed by atoms with Crippen LogP contribution in [0, 0.1) is 6.92 Å². The second-order valence-electron chi connectivity index (χ2n) is 2.46. The lowest BCUT2D eigenvalue weighted by Crippen LogP contribution is -1.67. The van der Waals surface area contributed by atoms with Crippen molar-refractivity contribution in [3.63, 3.8) is 0 Å². The summed E-state index contributed by atoms with van der Waals surface area (Å²) in [7, 11) is 0. The van der Waals surface area contributed by atoms with E-state index in [0.29, 0.717) is 0 Å². The number of benzene rings is 1. The van der Waals surface area contributed by atoms with Crippen molar-refractivity contribution in [2.45, 2.75) is 20.8 Å². The average molecular weight is 162 g/mol. The summed E-state index contributed by atoms with van der Waals surface area (Å²) < 4.78 is 5.17. The fourth-order valence-corrected chi connectivity index (χ4v) is 1.09. The average Bonchev–Trinajstić information content (AvgIpc) is 2.54. The molecule has 0 aliphatic heterocycles. The molecule has 0 saturated heterocycles. The SMILES string of the molecule is CC.Cc1ccc2occc2c1. The number of hydrogen-bond acceptors (Lipinski definition) is 1. The van der Waals surface area contributed by atoms with Gasteiger partial charge in [-0.2, -0.15) is 0 Å². The van der Waals surface area contributed by atoms with Gasteiger partial charge in [0, 0.05) is 5.39 Å². The molecule has 0 amide bonds. The Morgan fingerprint density at radius 1 is 1.08 bits per heavy atom. The zero-order valence-electron chi connectivity index (χ0n) is 7.79. The van der Waals surface area contributed by atoms with Gasteiger partial charge in [0.15, 0.2) is 0 Å². The highest BCUT2D eigenvalue weighted by Crippen LogP contribution is 2.15. The van der Waals surface area contributed by atoms with Gasteiger partial charge in [0.05, 0.1) is 6.26 Å². The van der Waals surface area contributed by atoms with Crippen molar-refractivity contribution in [2.75, 3.05) is 0 Å². The van der Waals surface area contributed by atoms with Gasteiger partial charge in [0.1, 0.15) is 5.58 Å². The Kier molecular flexibility index (Phi) is 2.92. The Bertz CT molecular complexity index is 347. The first-order chi connectivity index (χ1) is 5.86. The van der Waals surface area contributed by atoms with Gasteiger partial charge in [-0.25, -0.2) is 0 Å². The van der Waals surface area contributed by atoms with E-state index in [1.54, 1.807) is 6.26 Å². The minimum Gasteiger partial charge on any atom is -0.464 e. The molecule has 0 N–H and O–H groups in total. The second-order valence-corrected chi connectivity index (χ2v) is 2.46. The van der Waals surface area contributed by atoms with Gasteiger partial charge in [-0.05, 0) is 25.1 Å². The van der Waals surface area contributed by atoms with Crippen LogP contribution in [0.3, 0.4) is 0 Å². The molecule has 0 unspecified atom stereocenters. The molecule has 1 heterocycles. The highest BCUT2D eigenvalue weighted by Gasteiger charge is 1.93. The van der Waals surface area contributed by atoms with Gasteiger partial charge in [-0.15, -0.1) is 0 Å². The largest absolute Gasteiger partial charge is 0.464 e. The normalized spacial score (nSPS) is 9.25. The van der Waals surface area contributed by atoms with Crippen molar-refractivity contribution in [2.24, 2.45) is 0 Å². The third-order valence-corrected chi connectivity index (χ3v) is 1.61. The molecule has 0 aliphatic rings. The summed E-state index contributed by atoms with van der Waals surface area (Å²) in [6.07, 6.45) is 1.71. The van der Waals surface area contributed by atoms with Crippen LogP contribution in [0.5, 0.6) is 0 Å². The molecule has 2 aromatic rings. The predicted octanol–water partition coefficient (Wildman–Crippen LogP) is 3.77. The Morgan fingerprint density at radius 2 is 1.83 bits per heavy atom. The van der Waals surface area contributed by atoms with E-state index in [4.69, 9.17) is 4.42 Å². The molecule has 1 aromatic heterocycles. The predicted molar refractivity (Wildman–Crippen MR) is 52.3 cm³/mol. The summed E-state index contributed by atoms with van der Waals surface area (Å²) in [6, 6.07) is 8.12. The van der Waals surface area contributed by atoms with Gasteiger partial charge in [-0.1, -0.05) is 25.5 Å². The van der Waals surface area contributed by atoms with Crippen molar-refractivity contribution in [1.29, 1.82) is 0 Å². The van der Waals surface area contributed by atoms with Crippen molar-refractivity contribution in [3.8, 4) is 0 Å². The molecule has 1 aromatic carbocycles. The standard InChI is InChI=1S/C9H8O.C2H6/c1-7-2-3-9-8(6-7)4-5-10-9;1-2/h2-6H,1H3;1-2H3. The summed E-state index contributed by atoms with van der Waals surface area (Å²) in [5.41, 5.74) is 2.24. The summed E-state index contributed by atoms with van der Waals surface area (Å²) in [4.78, 5) is 0. The maximum absolute atomic E-state index is 5.17. The molecule has 12 heavy (non-hydrogen) atoms. The molecule has 0 saturated carbocycles. The Hall–Kier alpha value is -1.24. The molecule has 2 rings (SSSR count). The van der Waals surface area contributed by atoms with Crippen LogP contribution < -0.4 is 0 Å². The minimum absolute atomic E-state index is 0.964. The first-order valence-corrected chi connectivity index (χ1v) is 4.30. The van der Waals surface area contributed by atoms with Crippen molar-refractivity contribution >= 4 is 11.0 Å². The third kappa shape index (κ3) is 1.67. The van der Waals surface area contributed by atoms with Crippen LogP contribution in [-0.2, 0) is 0 Å². The third-order valence-electron chi connectivity index (χ3n) is 1.61. The van der Waals surface area contributed by atoms with Gasteiger partial charge < -0.3 is 4.42 Å².